The summed E-state index contributed by atoms with van der Waals surface area (Å²) in [4.78, 5) is 38.7. The number of nitrogens with one attached hydrogen (secondary N) is 1. The Bertz CT molecular complexity index is 986. The van der Waals surface area contributed by atoms with Crippen molar-refractivity contribution in [1.82, 2.24) is 9.80 Å². The van der Waals surface area contributed by atoms with Crippen LogP contribution in [0, 0.1) is 10.1 Å². The number of hydrogen-bond acceptors (Lipinski definition) is 5. The third-order valence-corrected chi connectivity index (χ3v) is 5.33. The number of benzene rings is 2. The van der Waals surface area contributed by atoms with Crippen molar-refractivity contribution in [2.75, 3.05) is 31.5 Å². The van der Waals surface area contributed by atoms with Crippen molar-refractivity contribution in [2.24, 2.45) is 0 Å². The van der Waals surface area contributed by atoms with Crippen molar-refractivity contribution < 1.29 is 27.7 Å². The molecule has 170 valence electrons. The molecule has 1 unspecified atom stereocenters. The number of anilines is 1. The van der Waals surface area contributed by atoms with Gasteiger partial charge in [0.25, 0.3) is 11.6 Å². The summed E-state index contributed by atoms with van der Waals surface area (Å²) in [5.41, 5.74) is -0.282. The second-order valence-electron chi connectivity index (χ2n) is 7.37. The number of rotatable bonds is 5. The van der Waals surface area contributed by atoms with E-state index in [4.69, 9.17) is 0 Å². The van der Waals surface area contributed by atoms with Crippen LogP contribution in [0.25, 0.3) is 0 Å². The van der Waals surface area contributed by atoms with Gasteiger partial charge in [0.05, 0.1) is 16.5 Å². The molecule has 11 heteroatoms. The van der Waals surface area contributed by atoms with E-state index in [-0.39, 0.29) is 23.1 Å². The Morgan fingerprint density at radius 3 is 2.06 bits per heavy atom. The van der Waals surface area contributed by atoms with Crippen LogP contribution in [0.3, 0.4) is 0 Å². The van der Waals surface area contributed by atoms with E-state index in [1.54, 1.807) is 11.8 Å². The highest BCUT2D eigenvalue weighted by atomic mass is 19.4. The zero-order valence-electron chi connectivity index (χ0n) is 17.1. The minimum Gasteiger partial charge on any atom is -0.336 e. The standard InChI is InChI=1S/C21H21F3N4O4/c1-14(19(29)25-17-6-8-18(9-7-17)28(31)32)26-10-12-27(13-11-26)20(30)15-2-4-16(5-3-15)21(22,23)24/h2-9,14H,10-13H2,1H3,(H,25,29). The van der Waals surface area contributed by atoms with E-state index in [0.29, 0.717) is 31.9 Å². The lowest BCUT2D eigenvalue weighted by Gasteiger charge is -2.37. The first-order chi connectivity index (χ1) is 15.1. The number of non-ortho nitro benzene ring substituents is 1. The zero-order valence-corrected chi connectivity index (χ0v) is 17.1. The molecule has 1 heterocycles. The van der Waals surface area contributed by atoms with E-state index in [2.05, 4.69) is 5.32 Å². The number of nitro groups is 1. The minimum atomic E-state index is -4.46. The third kappa shape index (κ3) is 5.41. The van der Waals surface area contributed by atoms with Crippen LogP contribution in [0.15, 0.2) is 48.5 Å². The number of halogens is 3. The molecule has 32 heavy (non-hydrogen) atoms. The van der Waals surface area contributed by atoms with Crippen LogP contribution >= 0.6 is 0 Å². The molecule has 1 saturated heterocycles. The first-order valence-corrected chi connectivity index (χ1v) is 9.82. The van der Waals surface area contributed by atoms with E-state index in [0.717, 1.165) is 24.3 Å². The Morgan fingerprint density at radius 1 is 1.00 bits per heavy atom. The number of carbonyl (C=O) groups excluding carboxylic acids is 2. The molecule has 1 N–H and O–H groups in total. The van der Waals surface area contributed by atoms with Gasteiger partial charge in [-0.15, -0.1) is 0 Å². The van der Waals surface area contributed by atoms with Gasteiger partial charge in [-0.3, -0.25) is 24.6 Å². The molecular formula is C21H21F3N4O4. The molecule has 1 aliphatic rings. The first kappa shape index (κ1) is 23.2. The van der Waals surface area contributed by atoms with Gasteiger partial charge in [0.2, 0.25) is 5.91 Å². The van der Waals surface area contributed by atoms with E-state index in [9.17, 15) is 32.9 Å². The van der Waals surface area contributed by atoms with Gasteiger partial charge in [0, 0.05) is 49.6 Å². The van der Waals surface area contributed by atoms with Crippen molar-refractivity contribution >= 4 is 23.2 Å². The fourth-order valence-corrected chi connectivity index (χ4v) is 3.38. The molecule has 1 fully saturated rings. The van der Waals surface area contributed by atoms with Gasteiger partial charge in [-0.2, -0.15) is 13.2 Å². The number of piperazine rings is 1. The summed E-state index contributed by atoms with van der Waals surface area (Å²) in [6, 6.07) is 9.08. The summed E-state index contributed by atoms with van der Waals surface area (Å²) < 4.78 is 38.1. The van der Waals surface area contributed by atoms with Crippen LogP contribution < -0.4 is 5.32 Å². The Labute approximate surface area is 181 Å². The topological polar surface area (TPSA) is 95.8 Å². The molecule has 0 spiro atoms. The number of alkyl halides is 3. The number of nitrogens with zero attached hydrogens (tertiary/aromatic N) is 3. The van der Waals surface area contributed by atoms with Crippen LogP contribution in [0.2, 0.25) is 0 Å². The lowest BCUT2D eigenvalue weighted by atomic mass is 10.1. The van der Waals surface area contributed by atoms with Gasteiger partial charge in [-0.25, -0.2) is 0 Å². The first-order valence-electron chi connectivity index (χ1n) is 9.82. The molecule has 2 amide bonds. The average molecular weight is 450 g/mol. The summed E-state index contributed by atoms with van der Waals surface area (Å²) in [6.45, 7) is 3.21. The smallest absolute Gasteiger partial charge is 0.336 e. The number of carbonyl (C=O) groups is 2. The Morgan fingerprint density at radius 2 is 1.56 bits per heavy atom. The minimum absolute atomic E-state index is 0.0788. The van der Waals surface area contributed by atoms with Crippen molar-refractivity contribution in [1.29, 1.82) is 0 Å². The molecule has 0 aromatic heterocycles. The summed E-state index contributed by atoms with van der Waals surface area (Å²) in [7, 11) is 0. The molecule has 0 bridgehead atoms. The fraction of sp³-hybridized carbons (Fsp3) is 0.333. The Hall–Kier alpha value is -3.47. The second kappa shape index (κ2) is 9.35. The maximum Gasteiger partial charge on any atom is 0.416 e. The van der Waals surface area contributed by atoms with Gasteiger partial charge in [-0.05, 0) is 43.3 Å². The molecule has 0 saturated carbocycles. The molecule has 3 rings (SSSR count). The van der Waals surface area contributed by atoms with E-state index < -0.39 is 22.7 Å². The van der Waals surface area contributed by atoms with Crippen molar-refractivity contribution in [3.05, 3.63) is 69.8 Å². The predicted octanol–water partition coefficient (Wildman–Crippen LogP) is 3.40. The van der Waals surface area contributed by atoms with E-state index in [1.807, 2.05) is 4.90 Å². The highest BCUT2D eigenvalue weighted by Gasteiger charge is 2.31. The highest BCUT2D eigenvalue weighted by molar-refractivity contribution is 5.95. The van der Waals surface area contributed by atoms with Gasteiger partial charge in [0.1, 0.15) is 0 Å². The van der Waals surface area contributed by atoms with Crippen LogP contribution in [0.4, 0.5) is 24.5 Å². The lowest BCUT2D eigenvalue weighted by molar-refractivity contribution is -0.384. The van der Waals surface area contributed by atoms with Gasteiger partial charge < -0.3 is 10.2 Å². The molecule has 0 aliphatic carbocycles. The maximum atomic E-state index is 12.7. The fourth-order valence-electron chi connectivity index (χ4n) is 3.38. The van der Waals surface area contributed by atoms with Crippen molar-refractivity contribution in [2.45, 2.75) is 19.1 Å². The van der Waals surface area contributed by atoms with Gasteiger partial charge in [-0.1, -0.05) is 0 Å². The van der Waals surface area contributed by atoms with Gasteiger partial charge >= 0.3 is 6.18 Å². The van der Waals surface area contributed by atoms with Crippen LogP contribution in [0.1, 0.15) is 22.8 Å². The maximum absolute atomic E-state index is 12.7. The Balaban J connectivity index is 1.53. The van der Waals surface area contributed by atoms with Crippen molar-refractivity contribution in [3.63, 3.8) is 0 Å². The van der Waals surface area contributed by atoms with Crippen molar-refractivity contribution in [3.8, 4) is 0 Å². The van der Waals surface area contributed by atoms with E-state index in [1.165, 1.54) is 24.3 Å². The molecule has 1 atom stereocenters. The van der Waals surface area contributed by atoms with Gasteiger partial charge in [0.15, 0.2) is 0 Å². The van der Waals surface area contributed by atoms with Crippen LogP contribution in [0.5, 0.6) is 0 Å². The molecule has 0 radical (unpaired) electrons. The summed E-state index contributed by atoms with van der Waals surface area (Å²) in [5, 5.41) is 13.4. The SMILES string of the molecule is CC(C(=O)Nc1ccc([N+](=O)[O-])cc1)N1CCN(C(=O)c2ccc(C(F)(F)F)cc2)CC1. The van der Waals surface area contributed by atoms with Crippen LogP contribution in [-0.2, 0) is 11.0 Å². The summed E-state index contributed by atoms with van der Waals surface area (Å²) in [6.07, 6.45) is -4.46. The molecule has 2 aromatic rings. The monoisotopic (exact) mass is 450 g/mol. The molecular weight excluding hydrogens is 429 g/mol. The summed E-state index contributed by atoms with van der Waals surface area (Å²) >= 11 is 0. The molecule has 1 aliphatic heterocycles. The highest BCUT2D eigenvalue weighted by Crippen LogP contribution is 2.29. The molecule has 8 nitrogen and oxygen atoms in total. The zero-order chi connectivity index (χ0) is 23.5. The Kier molecular flexibility index (Phi) is 6.78. The quantitative estimate of drug-likeness (QED) is 0.557. The van der Waals surface area contributed by atoms with E-state index >= 15 is 0 Å². The number of amides is 2. The van der Waals surface area contributed by atoms with Crippen LogP contribution in [-0.4, -0.2) is 58.8 Å². The third-order valence-electron chi connectivity index (χ3n) is 5.33. The largest absolute Gasteiger partial charge is 0.416 e. The normalized spacial score (nSPS) is 15.8. The predicted molar refractivity (Wildman–Crippen MR) is 110 cm³/mol. The molecule has 2 aromatic carbocycles. The number of hydrogen-bond donors (Lipinski definition) is 1. The number of nitro benzene ring substituents is 1. The lowest BCUT2D eigenvalue weighted by Crippen LogP contribution is -2.54. The average Bonchev–Trinajstić information content (AvgIpc) is 2.78. The summed E-state index contributed by atoms with van der Waals surface area (Å²) in [5.74, 6) is -0.650. The second-order valence-corrected chi connectivity index (χ2v) is 7.37.